The van der Waals surface area contributed by atoms with Crippen LogP contribution in [0, 0.1) is 5.92 Å². The van der Waals surface area contributed by atoms with E-state index in [0.717, 1.165) is 30.0 Å². The molecule has 1 fully saturated rings. The molecule has 11 nitrogen and oxygen atoms in total. The molecule has 2 aliphatic heterocycles. The molecule has 3 atom stereocenters. The number of hydrogen-bond acceptors (Lipinski definition) is 10. The Morgan fingerprint density at radius 3 is 2.52 bits per heavy atom. The monoisotopic (exact) mass is 656 g/mol. The summed E-state index contributed by atoms with van der Waals surface area (Å²) in [4.78, 5) is 40.7. The number of pyridine rings is 1. The number of fused-ring (bicyclic) bond motifs is 4. The maximum atomic E-state index is 13.2. The molecule has 4 aromatic rings. The van der Waals surface area contributed by atoms with Crippen LogP contribution in [0.4, 0.5) is 0 Å². The second-order valence-corrected chi connectivity index (χ2v) is 12.3. The first-order valence-electron chi connectivity index (χ1n) is 16.0. The maximum absolute atomic E-state index is 13.2. The average Bonchev–Trinajstić information content (AvgIpc) is 3.09. The van der Waals surface area contributed by atoms with Crippen LogP contribution in [0.1, 0.15) is 53.0 Å². The van der Waals surface area contributed by atoms with Crippen molar-refractivity contribution in [2.45, 2.75) is 44.2 Å². The molecule has 1 N–H and O–H groups in total. The minimum atomic E-state index is -0.921. The highest BCUT2D eigenvalue weighted by Crippen LogP contribution is 2.43. The van der Waals surface area contributed by atoms with Crippen molar-refractivity contribution in [3.63, 3.8) is 0 Å². The Kier molecular flexibility index (Phi) is 9.86. The number of piperidine rings is 1. The average molecular weight is 657 g/mol. The molecule has 252 valence electrons. The topological polar surface area (TPSA) is 130 Å². The molecule has 0 aliphatic carbocycles. The normalized spacial score (nSPS) is 17.6. The second-order valence-electron chi connectivity index (χ2n) is 12.3. The van der Waals surface area contributed by atoms with E-state index in [0.29, 0.717) is 48.9 Å². The lowest BCUT2D eigenvalue weighted by atomic mass is 9.83. The molecule has 2 aliphatic rings. The highest BCUT2D eigenvalue weighted by molar-refractivity contribution is 5.72. The molecule has 2 aromatic heterocycles. The molecule has 11 heteroatoms. The smallest absolute Gasteiger partial charge is 0.306 e. The summed E-state index contributed by atoms with van der Waals surface area (Å²) in [5, 5.41) is 11.1. The molecule has 6 rings (SSSR count). The van der Waals surface area contributed by atoms with Gasteiger partial charge in [0.2, 0.25) is 11.2 Å². The number of para-hydroxylation sites is 1. The van der Waals surface area contributed by atoms with Gasteiger partial charge in [-0.15, -0.1) is 0 Å². The lowest BCUT2D eigenvalue weighted by Gasteiger charge is -2.42. The summed E-state index contributed by atoms with van der Waals surface area (Å²) >= 11 is 0. The third kappa shape index (κ3) is 6.96. The van der Waals surface area contributed by atoms with Gasteiger partial charge in [-0.1, -0.05) is 30.3 Å². The molecular weight excluding hydrogens is 616 g/mol. The number of hydrogen-bond donors (Lipinski definition) is 1. The Morgan fingerprint density at radius 1 is 0.979 bits per heavy atom. The van der Waals surface area contributed by atoms with E-state index in [4.69, 9.17) is 23.4 Å². The van der Waals surface area contributed by atoms with Crippen LogP contribution in [0.5, 0.6) is 23.0 Å². The minimum Gasteiger partial charge on any atom is -0.502 e. The van der Waals surface area contributed by atoms with Gasteiger partial charge in [0.1, 0.15) is 11.5 Å². The van der Waals surface area contributed by atoms with Crippen LogP contribution < -0.4 is 25.2 Å². The van der Waals surface area contributed by atoms with E-state index in [-0.39, 0.29) is 36.2 Å². The zero-order chi connectivity index (χ0) is 33.8. The number of methoxy groups -OCH3 is 3. The van der Waals surface area contributed by atoms with Gasteiger partial charge in [0.15, 0.2) is 17.3 Å². The molecule has 2 aromatic carbocycles. The third-order valence-corrected chi connectivity index (χ3v) is 9.25. The number of carbonyl (C=O) groups excluding carboxylic acids is 1. The van der Waals surface area contributed by atoms with Crippen molar-refractivity contribution in [1.29, 1.82) is 0 Å². The summed E-state index contributed by atoms with van der Waals surface area (Å²) in [6.07, 6.45) is 1.34. The number of aromatic hydroxyl groups is 1. The number of likely N-dealkylation sites (tertiary alicyclic amines) is 1. The molecule has 3 unspecified atom stereocenters. The minimum absolute atomic E-state index is 0.0168. The van der Waals surface area contributed by atoms with E-state index in [1.165, 1.54) is 20.3 Å². The third-order valence-electron chi connectivity index (χ3n) is 9.25. The van der Waals surface area contributed by atoms with Gasteiger partial charge in [0.25, 0.3) is 5.56 Å². The van der Waals surface area contributed by atoms with E-state index in [1.54, 1.807) is 37.4 Å². The number of ether oxygens (including phenoxy) is 4. The molecular formula is C37H40N2O9. The van der Waals surface area contributed by atoms with Crippen molar-refractivity contribution in [3.05, 3.63) is 116 Å². The van der Waals surface area contributed by atoms with Crippen LogP contribution >= 0.6 is 0 Å². The second kappa shape index (κ2) is 14.4. The molecule has 48 heavy (non-hydrogen) atoms. The number of nitrogens with zero attached hydrogens (tertiary/aromatic N) is 2. The highest BCUT2D eigenvalue weighted by Gasteiger charge is 2.35. The molecule has 2 bridgehead atoms. The van der Waals surface area contributed by atoms with Crippen molar-refractivity contribution in [3.8, 4) is 23.0 Å². The number of rotatable bonds is 12. The lowest BCUT2D eigenvalue weighted by Crippen LogP contribution is -2.46. The standard InChI is InChI=1S/C37H40N2O9/c1-44-26-12-10-23(11-13-26)14-15-47-36-28(6-4-8-32(36)45-2)29(18-34(42)46-3)37-35(43)31(40)17-27(48-37)22-38-19-24-16-25(21-38)30-7-5-9-33(41)39(30)20-24/h4-13,17,24-25,29,43H,14-16,18-22H2,1-3H3. The summed E-state index contributed by atoms with van der Waals surface area (Å²) in [5.74, 6) is 0.255. The Labute approximate surface area is 278 Å². The molecule has 4 heterocycles. The zero-order valence-electron chi connectivity index (χ0n) is 27.3. The Morgan fingerprint density at radius 2 is 1.77 bits per heavy atom. The van der Waals surface area contributed by atoms with Gasteiger partial charge in [0, 0.05) is 55.4 Å². The number of aromatic nitrogens is 1. The molecule has 1 saturated heterocycles. The molecule has 0 radical (unpaired) electrons. The Bertz CT molecular complexity index is 1880. The quantitative estimate of drug-likeness (QED) is 0.218. The first kappa shape index (κ1) is 32.9. The van der Waals surface area contributed by atoms with E-state index >= 15 is 0 Å². The fourth-order valence-corrected chi connectivity index (χ4v) is 6.99. The van der Waals surface area contributed by atoms with Gasteiger partial charge >= 0.3 is 5.97 Å². The van der Waals surface area contributed by atoms with Crippen molar-refractivity contribution in [1.82, 2.24) is 9.47 Å². The van der Waals surface area contributed by atoms with Crippen molar-refractivity contribution < 1.29 is 33.3 Å². The van der Waals surface area contributed by atoms with Crippen molar-refractivity contribution >= 4 is 5.97 Å². The first-order chi connectivity index (χ1) is 23.3. The predicted molar refractivity (Wildman–Crippen MR) is 177 cm³/mol. The van der Waals surface area contributed by atoms with Gasteiger partial charge < -0.3 is 33.0 Å². The molecule has 0 amide bonds. The molecule has 0 saturated carbocycles. The van der Waals surface area contributed by atoms with E-state index in [2.05, 4.69) is 4.90 Å². The molecule has 0 spiro atoms. The summed E-state index contributed by atoms with van der Waals surface area (Å²) in [5.41, 5.74) is 1.96. The number of benzene rings is 2. The highest BCUT2D eigenvalue weighted by atomic mass is 16.5. The van der Waals surface area contributed by atoms with Gasteiger partial charge in [-0.2, -0.15) is 0 Å². The largest absolute Gasteiger partial charge is 0.502 e. The number of esters is 1. The van der Waals surface area contributed by atoms with Gasteiger partial charge in [0.05, 0.1) is 46.8 Å². The van der Waals surface area contributed by atoms with Crippen LogP contribution in [0.3, 0.4) is 0 Å². The lowest BCUT2D eigenvalue weighted by molar-refractivity contribution is -0.140. The van der Waals surface area contributed by atoms with Crippen LogP contribution in [0.25, 0.3) is 0 Å². The van der Waals surface area contributed by atoms with E-state index in [1.807, 2.05) is 34.9 Å². The zero-order valence-corrected chi connectivity index (χ0v) is 27.3. The van der Waals surface area contributed by atoms with Crippen LogP contribution in [0.15, 0.2) is 80.7 Å². The first-order valence-corrected chi connectivity index (χ1v) is 16.0. The predicted octanol–water partition coefficient (Wildman–Crippen LogP) is 4.46. The summed E-state index contributed by atoms with van der Waals surface area (Å²) in [6.45, 7) is 2.66. The summed E-state index contributed by atoms with van der Waals surface area (Å²) < 4.78 is 30.4. The van der Waals surface area contributed by atoms with E-state index in [9.17, 15) is 19.5 Å². The summed E-state index contributed by atoms with van der Waals surface area (Å²) in [7, 11) is 4.42. The van der Waals surface area contributed by atoms with Crippen molar-refractivity contribution in [2.75, 3.05) is 41.0 Å². The van der Waals surface area contributed by atoms with Gasteiger partial charge in [-0.3, -0.25) is 19.3 Å². The van der Waals surface area contributed by atoms with Gasteiger partial charge in [-0.05, 0) is 42.2 Å². The Balaban J connectivity index is 1.30. The van der Waals surface area contributed by atoms with Gasteiger partial charge in [-0.25, -0.2) is 0 Å². The Hall–Kier alpha value is -5.03. The number of carbonyl (C=O) groups is 1. The SMILES string of the molecule is COC(=O)CC(c1cccc(OC)c1OCCc1ccc(OC)cc1)c1oc(CN2CC3CC(C2)c2cccc(=O)n2C3)cc(=O)c1O. The summed E-state index contributed by atoms with van der Waals surface area (Å²) in [6, 6.07) is 19.6. The van der Waals surface area contributed by atoms with Crippen LogP contribution in [-0.2, 0) is 29.0 Å². The van der Waals surface area contributed by atoms with Crippen LogP contribution in [-0.4, -0.2) is 61.6 Å². The maximum Gasteiger partial charge on any atom is 0.306 e. The van der Waals surface area contributed by atoms with Crippen LogP contribution in [0.2, 0.25) is 0 Å². The fraction of sp³-hybridized carbons (Fsp3) is 0.378. The fourth-order valence-electron chi connectivity index (χ4n) is 6.99. The van der Waals surface area contributed by atoms with E-state index < -0.39 is 23.1 Å². The van der Waals surface area contributed by atoms with Crippen molar-refractivity contribution in [2.24, 2.45) is 5.92 Å².